The quantitative estimate of drug-likeness (QED) is 0.706. The molecule has 0 spiro atoms. The number of hydrogen-bond acceptors (Lipinski definition) is 4. The Hall–Kier alpha value is -1.92. The number of carbonyl (C=O) groups is 2. The van der Waals surface area contributed by atoms with E-state index in [1.807, 2.05) is 6.07 Å². The zero-order valence-electron chi connectivity index (χ0n) is 11.0. The van der Waals surface area contributed by atoms with Gasteiger partial charge in [-0.15, -0.1) is 0 Å². The van der Waals surface area contributed by atoms with E-state index in [2.05, 4.69) is 0 Å². The molecule has 1 heterocycles. The van der Waals surface area contributed by atoms with Gasteiger partial charge in [-0.2, -0.15) is 0 Å². The summed E-state index contributed by atoms with van der Waals surface area (Å²) in [6, 6.07) is 8.05. The van der Waals surface area contributed by atoms with Crippen LogP contribution in [-0.4, -0.2) is 52.2 Å². The minimum atomic E-state index is -1.10. The number of aliphatic hydroxyl groups excluding tert-OH is 1. The van der Waals surface area contributed by atoms with Gasteiger partial charge >= 0.3 is 5.97 Å². The summed E-state index contributed by atoms with van der Waals surface area (Å²) in [6.45, 7) is 0.140. The van der Waals surface area contributed by atoms with Gasteiger partial charge in [0, 0.05) is 19.5 Å². The van der Waals surface area contributed by atoms with Crippen molar-refractivity contribution in [3.8, 4) is 0 Å². The first-order valence-corrected chi connectivity index (χ1v) is 6.51. The van der Waals surface area contributed by atoms with Crippen molar-refractivity contribution in [1.29, 1.82) is 0 Å². The van der Waals surface area contributed by atoms with Crippen LogP contribution in [0.15, 0.2) is 30.3 Å². The Kier molecular flexibility index (Phi) is 4.36. The molecule has 2 rings (SSSR count). The summed E-state index contributed by atoms with van der Waals surface area (Å²) < 4.78 is 0. The van der Waals surface area contributed by atoms with Crippen molar-refractivity contribution in [3.63, 3.8) is 0 Å². The Balaban J connectivity index is 2.22. The Morgan fingerprint density at radius 3 is 2.55 bits per heavy atom. The summed E-state index contributed by atoms with van der Waals surface area (Å²) >= 11 is 0. The molecule has 0 bridgehead atoms. The molecule has 1 amide bonds. The van der Waals surface area contributed by atoms with Crippen molar-refractivity contribution >= 4 is 11.9 Å². The number of hydrogen-bond donors (Lipinski definition) is 3. The zero-order chi connectivity index (χ0) is 14.7. The molecule has 6 heteroatoms. The maximum Gasteiger partial charge on any atom is 0.326 e. The van der Waals surface area contributed by atoms with E-state index in [-0.39, 0.29) is 25.4 Å². The number of carboxylic acids is 1. The van der Waals surface area contributed by atoms with Crippen molar-refractivity contribution in [2.24, 2.45) is 5.73 Å². The first-order chi connectivity index (χ1) is 9.54. The van der Waals surface area contributed by atoms with Crippen LogP contribution in [0.4, 0.5) is 0 Å². The number of β-amino-alcohol motifs (C(OH)–C–C–N with tert-alkyl or cyclic N) is 1. The minimum Gasteiger partial charge on any atom is -0.480 e. The van der Waals surface area contributed by atoms with Crippen LogP contribution < -0.4 is 5.73 Å². The van der Waals surface area contributed by atoms with E-state index in [1.165, 1.54) is 4.90 Å². The lowest BCUT2D eigenvalue weighted by Crippen LogP contribution is -2.44. The second-order valence-electron chi connectivity index (χ2n) is 4.93. The van der Waals surface area contributed by atoms with Gasteiger partial charge in [0.1, 0.15) is 6.04 Å². The molecule has 1 aliphatic heterocycles. The summed E-state index contributed by atoms with van der Waals surface area (Å²) in [5.74, 6) is -2.02. The van der Waals surface area contributed by atoms with Crippen LogP contribution >= 0.6 is 0 Å². The highest BCUT2D eigenvalue weighted by Gasteiger charge is 2.41. The number of aliphatic carboxylic acids is 1. The molecule has 4 N–H and O–H groups in total. The van der Waals surface area contributed by atoms with Crippen molar-refractivity contribution in [3.05, 3.63) is 35.9 Å². The lowest BCUT2D eigenvalue weighted by molar-refractivity contribution is -0.148. The van der Waals surface area contributed by atoms with Gasteiger partial charge in [-0.1, -0.05) is 30.3 Å². The first-order valence-electron chi connectivity index (χ1n) is 6.51. The van der Waals surface area contributed by atoms with E-state index >= 15 is 0 Å². The fourth-order valence-corrected chi connectivity index (χ4v) is 2.56. The number of likely N-dealkylation sites (tertiary alicyclic amines) is 1. The van der Waals surface area contributed by atoms with Crippen molar-refractivity contribution in [1.82, 2.24) is 4.90 Å². The molecule has 3 atom stereocenters. The molecule has 20 heavy (non-hydrogen) atoms. The molecule has 0 radical (unpaired) electrons. The van der Waals surface area contributed by atoms with Gasteiger partial charge in [0.05, 0.1) is 12.0 Å². The number of amides is 1. The Bertz CT molecular complexity index is 491. The highest BCUT2D eigenvalue weighted by Crippen LogP contribution is 2.24. The van der Waals surface area contributed by atoms with E-state index < -0.39 is 24.0 Å². The van der Waals surface area contributed by atoms with E-state index in [0.717, 1.165) is 5.56 Å². The molecule has 0 saturated carbocycles. The molecule has 2 unspecified atom stereocenters. The van der Waals surface area contributed by atoms with Crippen LogP contribution in [0.2, 0.25) is 0 Å². The number of carboxylic acid groups (broad SMARTS) is 1. The normalized spacial score (nSPS) is 23.6. The zero-order valence-corrected chi connectivity index (χ0v) is 11.0. The smallest absolute Gasteiger partial charge is 0.326 e. The predicted molar refractivity (Wildman–Crippen MR) is 72.0 cm³/mol. The van der Waals surface area contributed by atoms with Crippen LogP contribution in [-0.2, 0) is 9.59 Å². The molecule has 1 aromatic carbocycles. The van der Waals surface area contributed by atoms with Gasteiger partial charge in [0.25, 0.3) is 0 Å². The molecule has 1 fully saturated rings. The monoisotopic (exact) mass is 278 g/mol. The number of benzene rings is 1. The summed E-state index contributed by atoms with van der Waals surface area (Å²) in [7, 11) is 0. The predicted octanol–water partition coefficient (Wildman–Crippen LogP) is -0.225. The molecule has 1 aliphatic rings. The van der Waals surface area contributed by atoms with Gasteiger partial charge in [-0.25, -0.2) is 4.79 Å². The third-order valence-electron chi connectivity index (χ3n) is 3.58. The van der Waals surface area contributed by atoms with Crippen LogP contribution in [0.5, 0.6) is 0 Å². The second kappa shape index (κ2) is 6.02. The van der Waals surface area contributed by atoms with Crippen LogP contribution in [0.25, 0.3) is 0 Å². The molecule has 0 aliphatic carbocycles. The first kappa shape index (κ1) is 14.5. The van der Waals surface area contributed by atoms with E-state index in [0.29, 0.717) is 0 Å². The van der Waals surface area contributed by atoms with Gasteiger partial charge in [-0.3, -0.25) is 4.79 Å². The van der Waals surface area contributed by atoms with Gasteiger partial charge < -0.3 is 20.8 Å². The fraction of sp³-hybridized carbons (Fsp3) is 0.429. The topological polar surface area (TPSA) is 104 Å². The molecular formula is C14H18N2O4. The lowest BCUT2D eigenvalue weighted by Gasteiger charge is -2.26. The number of nitrogens with zero attached hydrogens (tertiary/aromatic N) is 1. The van der Waals surface area contributed by atoms with Gasteiger partial charge in [0.15, 0.2) is 0 Å². The Morgan fingerprint density at radius 2 is 2.00 bits per heavy atom. The van der Waals surface area contributed by atoms with Crippen LogP contribution in [0, 0.1) is 0 Å². The molecule has 1 saturated heterocycles. The summed E-state index contributed by atoms with van der Waals surface area (Å²) in [5, 5.41) is 18.7. The largest absolute Gasteiger partial charge is 0.480 e. The highest BCUT2D eigenvalue weighted by atomic mass is 16.4. The molecule has 0 aromatic heterocycles. The summed E-state index contributed by atoms with van der Waals surface area (Å²) in [6.07, 6.45) is -0.734. The van der Waals surface area contributed by atoms with E-state index in [9.17, 15) is 14.7 Å². The average molecular weight is 278 g/mol. The number of carbonyl (C=O) groups excluding carboxylic acids is 1. The highest BCUT2D eigenvalue weighted by molar-refractivity contribution is 5.89. The summed E-state index contributed by atoms with van der Waals surface area (Å²) in [5.41, 5.74) is 6.43. The lowest BCUT2D eigenvalue weighted by atomic mass is 9.97. The van der Waals surface area contributed by atoms with E-state index in [4.69, 9.17) is 10.8 Å². The molecule has 1 aromatic rings. The number of rotatable bonds is 4. The maximum absolute atomic E-state index is 12.5. The van der Waals surface area contributed by atoms with Crippen molar-refractivity contribution in [2.75, 3.05) is 13.1 Å². The maximum atomic E-state index is 12.5. The molecular weight excluding hydrogens is 260 g/mol. The van der Waals surface area contributed by atoms with Gasteiger partial charge in [-0.05, 0) is 5.56 Å². The standard InChI is InChI=1S/C14H18N2O4/c15-7-11(9-4-2-1-3-5-9)13(18)16-8-10(17)6-12(16)14(19)20/h1-5,10-12,17H,6-8,15H2,(H,19,20)/t10?,11?,12-/m0/s1. The molecule has 108 valence electrons. The number of aliphatic hydroxyl groups is 1. The van der Waals surface area contributed by atoms with E-state index in [1.54, 1.807) is 24.3 Å². The average Bonchev–Trinajstić information content (AvgIpc) is 2.83. The van der Waals surface area contributed by atoms with Crippen LogP contribution in [0.1, 0.15) is 17.9 Å². The SMILES string of the molecule is NCC(C(=O)N1CC(O)C[C@H]1C(=O)O)c1ccccc1. The number of nitrogens with two attached hydrogens (primary N) is 1. The Morgan fingerprint density at radius 1 is 1.35 bits per heavy atom. The van der Waals surface area contributed by atoms with Crippen molar-refractivity contribution < 1.29 is 19.8 Å². The van der Waals surface area contributed by atoms with Crippen LogP contribution in [0.3, 0.4) is 0 Å². The fourth-order valence-electron chi connectivity index (χ4n) is 2.56. The summed E-state index contributed by atoms with van der Waals surface area (Å²) in [4.78, 5) is 24.9. The third kappa shape index (κ3) is 2.81. The van der Waals surface area contributed by atoms with Crippen molar-refractivity contribution in [2.45, 2.75) is 24.5 Å². The molecule has 6 nitrogen and oxygen atoms in total. The Labute approximate surface area is 116 Å². The minimum absolute atomic E-state index is 0.0408. The third-order valence-corrected chi connectivity index (χ3v) is 3.58. The second-order valence-corrected chi connectivity index (χ2v) is 4.93. The van der Waals surface area contributed by atoms with Gasteiger partial charge in [0.2, 0.25) is 5.91 Å².